The van der Waals surface area contributed by atoms with Crippen molar-refractivity contribution in [1.82, 2.24) is 4.90 Å². The van der Waals surface area contributed by atoms with Crippen LogP contribution in [0.25, 0.3) is 6.08 Å². The van der Waals surface area contributed by atoms with Crippen LogP contribution in [0, 0.1) is 10.1 Å². The van der Waals surface area contributed by atoms with Crippen LogP contribution in [-0.2, 0) is 11.4 Å². The van der Waals surface area contributed by atoms with E-state index >= 15 is 0 Å². The number of rotatable bonds is 11. The Hall–Kier alpha value is -4.02. The van der Waals surface area contributed by atoms with Crippen molar-refractivity contribution in [3.8, 4) is 17.2 Å². The number of amides is 2. The Bertz CT molecular complexity index is 1380. The average Bonchev–Trinajstić information content (AvgIpc) is 3.17. The number of halogens is 1. The molecule has 1 fully saturated rings. The van der Waals surface area contributed by atoms with E-state index in [9.17, 15) is 19.7 Å². The number of carbonyl (C=O) groups excluding carboxylic acids is 2. The summed E-state index contributed by atoms with van der Waals surface area (Å²) in [4.78, 5) is 37.5. The quantitative estimate of drug-likeness (QED) is 0.153. The van der Waals surface area contributed by atoms with Crippen molar-refractivity contribution in [3.05, 3.63) is 97.9 Å². The SMILES string of the molecule is CCOc1cc(/C=C2\SC(=O)N(CCOc3ccc(Cl)cc3)C2=O)ccc1OCc1ccccc1[N+](=O)[O-]. The number of ether oxygens (including phenoxy) is 3. The van der Waals surface area contributed by atoms with Crippen molar-refractivity contribution in [2.75, 3.05) is 19.8 Å². The number of benzene rings is 3. The Morgan fingerprint density at radius 3 is 2.50 bits per heavy atom. The fraction of sp³-hybridized carbons (Fsp3) is 0.185. The van der Waals surface area contributed by atoms with Crippen molar-refractivity contribution in [2.24, 2.45) is 0 Å². The van der Waals surface area contributed by atoms with Crippen LogP contribution in [0.5, 0.6) is 17.2 Å². The van der Waals surface area contributed by atoms with Crippen LogP contribution in [0.3, 0.4) is 0 Å². The molecule has 3 aromatic carbocycles. The first-order valence-electron chi connectivity index (χ1n) is 11.6. The predicted molar refractivity (Wildman–Crippen MR) is 145 cm³/mol. The van der Waals surface area contributed by atoms with Crippen LogP contribution in [0.2, 0.25) is 5.02 Å². The molecule has 1 saturated heterocycles. The van der Waals surface area contributed by atoms with Gasteiger partial charge in [-0.15, -0.1) is 0 Å². The van der Waals surface area contributed by atoms with E-state index in [1.54, 1.807) is 66.7 Å². The lowest BCUT2D eigenvalue weighted by Gasteiger charge is -2.13. The van der Waals surface area contributed by atoms with Gasteiger partial charge in [0.2, 0.25) is 0 Å². The Morgan fingerprint density at radius 1 is 1.00 bits per heavy atom. The lowest BCUT2D eigenvalue weighted by Crippen LogP contribution is -2.32. The molecule has 0 N–H and O–H groups in total. The minimum atomic E-state index is -0.456. The summed E-state index contributed by atoms with van der Waals surface area (Å²) in [5, 5.41) is 11.5. The molecule has 0 saturated carbocycles. The van der Waals surface area contributed by atoms with E-state index in [4.69, 9.17) is 25.8 Å². The predicted octanol–water partition coefficient (Wildman–Crippen LogP) is 6.34. The number of nitro groups is 1. The highest BCUT2D eigenvalue weighted by molar-refractivity contribution is 8.18. The Labute approximate surface area is 228 Å². The van der Waals surface area contributed by atoms with E-state index in [0.717, 1.165) is 16.7 Å². The smallest absolute Gasteiger partial charge is 0.293 e. The van der Waals surface area contributed by atoms with Crippen molar-refractivity contribution in [1.29, 1.82) is 0 Å². The fourth-order valence-corrected chi connectivity index (χ4v) is 4.59. The number of carbonyl (C=O) groups is 2. The number of hydrogen-bond acceptors (Lipinski definition) is 8. The first kappa shape index (κ1) is 27.0. The van der Waals surface area contributed by atoms with Crippen LogP contribution in [0.1, 0.15) is 18.1 Å². The number of nitrogens with zero attached hydrogens (tertiary/aromatic N) is 2. The topological polar surface area (TPSA) is 108 Å². The van der Waals surface area contributed by atoms with E-state index in [-0.39, 0.29) is 35.6 Å². The molecular formula is C27H23ClN2O7S. The zero-order valence-corrected chi connectivity index (χ0v) is 21.9. The van der Waals surface area contributed by atoms with Gasteiger partial charge in [-0.3, -0.25) is 24.6 Å². The molecule has 9 nitrogen and oxygen atoms in total. The minimum absolute atomic E-state index is 0.0203. The van der Waals surface area contributed by atoms with E-state index in [0.29, 0.717) is 40.0 Å². The summed E-state index contributed by atoms with van der Waals surface area (Å²) in [6.45, 7) is 2.40. The van der Waals surface area contributed by atoms with E-state index in [1.807, 2.05) is 6.92 Å². The highest BCUT2D eigenvalue weighted by Gasteiger charge is 2.34. The van der Waals surface area contributed by atoms with Gasteiger partial charge < -0.3 is 14.2 Å². The van der Waals surface area contributed by atoms with Crippen LogP contribution in [0.15, 0.2) is 71.6 Å². The minimum Gasteiger partial charge on any atom is -0.492 e. The molecule has 38 heavy (non-hydrogen) atoms. The van der Waals surface area contributed by atoms with Crippen LogP contribution >= 0.6 is 23.4 Å². The second kappa shape index (κ2) is 12.5. The third-order valence-electron chi connectivity index (χ3n) is 5.41. The third kappa shape index (κ3) is 6.64. The van der Waals surface area contributed by atoms with Gasteiger partial charge in [0.25, 0.3) is 16.8 Å². The molecule has 0 radical (unpaired) electrons. The van der Waals surface area contributed by atoms with Crippen LogP contribution < -0.4 is 14.2 Å². The average molecular weight is 555 g/mol. The Balaban J connectivity index is 1.43. The van der Waals surface area contributed by atoms with Gasteiger partial charge in [0.05, 0.1) is 28.5 Å². The number of nitro benzene ring substituents is 1. The maximum Gasteiger partial charge on any atom is 0.293 e. The molecular weight excluding hydrogens is 532 g/mol. The summed E-state index contributed by atoms with van der Waals surface area (Å²) >= 11 is 6.71. The Kier molecular flexibility index (Phi) is 8.88. The molecule has 0 atom stereocenters. The molecule has 0 spiro atoms. The van der Waals surface area contributed by atoms with Crippen molar-refractivity contribution in [3.63, 3.8) is 0 Å². The van der Waals surface area contributed by atoms with E-state index in [1.165, 1.54) is 6.07 Å². The lowest BCUT2D eigenvalue weighted by atomic mass is 10.1. The van der Waals surface area contributed by atoms with Gasteiger partial charge in [-0.25, -0.2) is 0 Å². The van der Waals surface area contributed by atoms with Crippen molar-refractivity contribution in [2.45, 2.75) is 13.5 Å². The Morgan fingerprint density at radius 2 is 1.76 bits per heavy atom. The largest absolute Gasteiger partial charge is 0.492 e. The number of thioether (sulfide) groups is 1. The van der Waals surface area contributed by atoms with Crippen LogP contribution in [0.4, 0.5) is 10.5 Å². The molecule has 0 aromatic heterocycles. The zero-order valence-electron chi connectivity index (χ0n) is 20.3. The maximum absolute atomic E-state index is 12.9. The summed E-state index contributed by atoms with van der Waals surface area (Å²) in [5.74, 6) is 0.990. The molecule has 4 rings (SSSR count). The van der Waals surface area contributed by atoms with Gasteiger partial charge in [0.1, 0.15) is 19.0 Å². The maximum atomic E-state index is 12.9. The van der Waals surface area contributed by atoms with Gasteiger partial charge in [-0.2, -0.15) is 0 Å². The molecule has 1 aliphatic heterocycles. The highest BCUT2D eigenvalue weighted by Crippen LogP contribution is 2.35. The standard InChI is InChI=1S/C27H23ClN2O7S/c1-2-35-24-15-18(7-12-23(24)37-17-19-5-3-4-6-22(19)30(33)34)16-25-26(31)29(27(32)38-25)13-14-36-21-10-8-20(28)9-11-21/h3-12,15-16H,2,13-14,17H2,1H3/b25-16-. The third-order valence-corrected chi connectivity index (χ3v) is 6.57. The summed E-state index contributed by atoms with van der Waals surface area (Å²) in [6, 6.07) is 18.2. The molecule has 1 aliphatic rings. The summed E-state index contributed by atoms with van der Waals surface area (Å²) in [7, 11) is 0. The zero-order chi connectivity index (χ0) is 27.1. The van der Waals surface area contributed by atoms with Gasteiger partial charge in [-0.05, 0) is 72.8 Å². The molecule has 0 aliphatic carbocycles. The highest BCUT2D eigenvalue weighted by atomic mass is 35.5. The summed E-state index contributed by atoms with van der Waals surface area (Å²) < 4.78 is 17.1. The molecule has 0 bridgehead atoms. The first-order chi connectivity index (χ1) is 18.4. The fourth-order valence-electron chi connectivity index (χ4n) is 3.60. The molecule has 0 unspecified atom stereocenters. The lowest BCUT2D eigenvalue weighted by molar-refractivity contribution is -0.385. The number of hydrogen-bond donors (Lipinski definition) is 0. The van der Waals surface area contributed by atoms with E-state index in [2.05, 4.69) is 0 Å². The number of para-hydroxylation sites is 1. The van der Waals surface area contributed by atoms with Gasteiger partial charge in [0, 0.05) is 11.1 Å². The van der Waals surface area contributed by atoms with Gasteiger partial charge >= 0.3 is 0 Å². The monoisotopic (exact) mass is 554 g/mol. The van der Waals surface area contributed by atoms with Crippen LogP contribution in [-0.4, -0.2) is 40.7 Å². The molecule has 11 heteroatoms. The second-order valence-electron chi connectivity index (χ2n) is 7.95. The second-order valence-corrected chi connectivity index (χ2v) is 9.38. The first-order valence-corrected chi connectivity index (χ1v) is 12.8. The molecule has 2 amide bonds. The van der Waals surface area contributed by atoms with Crippen molar-refractivity contribution < 1.29 is 28.7 Å². The normalized spacial score (nSPS) is 14.2. The van der Waals surface area contributed by atoms with Gasteiger partial charge in [0.15, 0.2) is 11.5 Å². The van der Waals surface area contributed by atoms with E-state index < -0.39 is 10.8 Å². The number of imide groups is 1. The molecule has 1 heterocycles. The van der Waals surface area contributed by atoms with Crippen molar-refractivity contribution >= 4 is 46.3 Å². The van der Waals surface area contributed by atoms with Gasteiger partial charge in [-0.1, -0.05) is 29.8 Å². The summed E-state index contributed by atoms with van der Waals surface area (Å²) in [6.07, 6.45) is 1.61. The molecule has 3 aromatic rings. The molecule has 196 valence electrons. The summed E-state index contributed by atoms with van der Waals surface area (Å²) in [5.41, 5.74) is 1.03.